The summed E-state index contributed by atoms with van der Waals surface area (Å²) in [6.45, 7) is 0. The van der Waals surface area contributed by atoms with E-state index in [1.54, 1.807) is 12.3 Å². The zero-order valence-corrected chi connectivity index (χ0v) is 9.08. The first-order valence-electron chi connectivity index (χ1n) is 5.37. The van der Waals surface area contributed by atoms with E-state index in [-0.39, 0.29) is 0 Å². The molecule has 0 fully saturated rings. The second-order valence-electron chi connectivity index (χ2n) is 3.78. The van der Waals surface area contributed by atoms with Crippen molar-refractivity contribution >= 4 is 11.8 Å². The van der Waals surface area contributed by atoms with Crippen LogP contribution in [0, 0.1) is 0 Å². The molecule has 0 spiro atoms. The van der Waals surface area contributed by atoms with Crippen molar-refractivity contribution in [3.63, 3.8) is 0 Å². The molecule has 17 heavy (non-hydrogen) atoms. The van der Waals surface area contributed by atoms with Gasteiger partial charge in [-0.15, -0.1) is 0 Å². The van der Waals surface area contributed by atoms with Gasteiger partial charge in [-0.25, -0.2) is 4.98 Å². The van der Waals surface area contributed by atoms with Crippen molar-refractivity contribution in [2.45, 2.75) is 0 Å². The summed E-state index contributed by atoms with van der Waals surface area (Å²) in [5, 5.41) is 0. The van der Waals surface area contributed by atoms with Crippen molar-refractivity contribution in [2.75, 3.05) is 0 Å². The Labute approximate surface area is 98.4 Å². The predicted octanol–water partition coefficient (Wildman–Crippen LogP) is 2.81. The van der Waals surface area contributed by atoms with Crippen LogP contribution in [0.15, 0.2) is 54.9 Å². The standard InChI is InChI=1S/C14H10N2O/c17-10-12-7-4-8-16-13(12)9-15-14(16)11-5-2-1-3-6-11/h1-10H. The number of hydrogen-bond donors (Lipinski definition) is 0. The second-order valence-corrected chi connectivity index (χ2v) is 3.78. The topological polar surface area (TPSA) is 34.4 Å². The van der Waals surface area contributed by atoms with Gasteiger partial charge < -0.3 is 0 Å². The minimum absolute atomic E-state index is 0.655. The summed E-state index contributed by atoms with van der Waals surface area (Å²) < 4.78 is 1.93. The minimum Gasteiger partial charge on any atom is -0.299 e. The normalized spacial score (nSPS) is 10.6. The van der Waals surface area contributed by atoms with Gasteiger partial charge in [0.05, 0.1) is 11.7 Å². The van der Waals surface area contributed by atoms with Gasteiger partial charge in [0, 0.05) is 17.3 Å². The van der Waals surface area contributed by atoms with Crippen LogP contribution in [-0.2, 0) is 0 Å². The monoisotopic (exact) mass is 222 g/mol. The highest BCUT2D eigenvalue weighted by Crippen LogP contribution is 2.20. The number of nitrogens with zero attached hydrogens (tertiary/aromatic N) is 2. The van der Waals surface area contributed by atoms with Gasteiger partial charge in [0.15, 0.2) is 6.29 Å². The first kappa shape index (κ1) is 9.78. The van der Waals surface area contributed by atoms with Crippen LogP contribution in [0.2, 0.25) is 0 Å². The second kappa shape index (κ2) is 3.87. The molecule has 0 saturated carbocycles. The van der Waals surface area contributed by atoms with Gasteiger partial charge in [-0.05, 0) is 12.1 Å². The summed E-state index contributed by atoms with van der Waals surface area (Å²) in [6, 6.07) is 13.6. The molecule has 0 saturated heterocycles. The van der Waals surface area contributed by atoms with Crippen LogP contribution in [-0.4, -0.2) is 15.7 Å². The molecule has 2 aromatic heterocycles. The smallest absolute Gasteiger partial charge is 0.152 e. The Morgan fingerprint density at radius 3 is 2.65 bits per heavy atom. The number of imidazole rings is 1. The summed E-state index contributed by atoms with van der Waals surface area (Å²) in [7, 11) is 0. The molecular weight excluding hydrogens is 212 g/mol. The third kappa shape index (κ3) is 1.52. The van der Waals surface area contributed by atoms with E-state index in [2.05, 4.69) is 4.98 Å². The Morgan fingerprint density at radius 2 is 1.88 bits per heavy atom. The molecule has 0 bridgehead atoms. The molecule has 0 atom stereocenters. The van der Waals surface area contributed by atoms with Crippen molar-refractivity contribution in [1.82, 2.24) is 9.38 Å². The molecule has 0 radical (unpaired) electrons. The summed E-state index contributed by atoms with van der Waals surface area (Å²) >= 11 is 0. The van der Waals surface area contributed by atoms with Gasteiger partial charge in [-0.1, -0.05) is 30.3 Å². The lowest BCUT2D eigenvalue weighted by atomic mass is 10.2. The first-order valence-corrected chi connectivity index (χ1v) is 5.37. The zero-order chi connectivity index (χ0) is 11.7. The predicted molar refractivity (Wildman–Crippen MR) is 66.0 cm³/mol. The van der Waals surface area contributed by atoms with E-state index in [0.29, 0.717) is 5.56 Å². The lowest BCUT2D eigenvalue weighted by Crippen LogP contribution is -1.91. The molecule has 1 aromatic carbocycles. The van der Waals surface area contributed by atoms with Gasteiger partial charge in [0.1, 0.15) is 5.82 Å². The molecule has 3 aromatic rings. The highest BCUT2D eigenvalue weighted by Gasteiger charge is 2.07. The zero-order valence-electron chi connectivity index (χ0n) is 9.08. The van der Waals surface area contributed by atoms with Gasteiger partial charge >= 0.3 is 0 Å². The lowest BCUT2D eigenvalue weighted by molar-refractivity contribution is 0.112. The molecule has 3 rings (SSSR count). The van der Waals surface area contributed by atoms with Gasteiger partial charge in [-0.2, -0.15) is 0 Å². The van der Waals surface area contributed by atoms with Gasteiger partial charge in [0.25, 0.3) is 0 Å². The number of hydrogen-bond acceptors (Lipinski definition) is 2. The first-order chi connectivity index (χ1) is 8.40. The van der Waals surface area contributed by atoms with Crippen molar-refractivity contribution in [2.24, 2.45) is 0 Å². The molecule has 0 amide bonds. The molecule has 0 unspecified atom stereocenters. The quantitative estimate of drug-likeness (QED) is 0.625. The van der Waals surface area contributed by atoms with E-state index in [1.807, 2.05) is 47.0 Å². The number of carbonyl (C=O) groups is 1. The number of fused-ring (bicyclic) bond motifs is 1. The fourth-order valence-corrected chi connectivity index (χ4v) is 1.94. The third-order valence-electron chi connectivity index (χ3n) is 2.76. The van der Waals surface area contributed by atoms with E-state index in [1.165, 1.54) is 0 Å². The number of aldehydes is 1. The third-order valence-corrected chi connectivity index (χ3v) is 2.76. The largest absolute Gasteiger partial charge is 0.299 e. The van der Waals surface area contributed by atoms with Crippen LogP contribution >= 0.6 is 0 Å². The van der Waals surface area contributed by atoms with Crippen LogP contribution < -0.4 is 0 Å². The number of rotatable bonds is 2. The van der Waals surface area contributed by atoms with Crippen LogP contribution in [0.25, 0.3) is 16.9 Å². The maximum absolute atomic E-state index is 10.9. The molecule has 82 valence electrons. The van der Waals surface area contributed by atoms with Crippen molar-refractivity contribution < 1.29 is 4.79 Å². The molecule has 3 nitrogen and oxygen atoms in total. The molecule has 0 N–H and O–H groups in total. The van der Waals surface area contributed by atoms with Crippen LogP contribution in [0.1, 0.15) is 10.4 Å². The summed E-state index contributed by atoms with van der Waals surface area (Å²) in [5.41, 5.74) is 2.53. The molecule has 0 aliphatic rings. The fraction of sp³-hybridized carbons (Fsp3) is 0. The molecule has 2 heterocycles. The molecule has 0 aliphatic carbocycles. The van der Waals surface area contributed by atoms with Crippen molar-refractivity contribution in [3.8, 4) is 11.4 Å². The fourth-order valence-electron chi connectivity index (χ4n) is 1.94. The Bertz CT molecular complexity index is 671. The average Bonchev–Trinajstić information content (AvgIpc) is 2.83. The van der Waals surface area contributed by atoms with E-state index in [0.717, 1.165) is 23.2 Å². The Hall–Kier alpha value is -2.42. The maximum Gasteiger partial charge on any atom is 0.152 e. The van der Waals surface area contributed by atoms with E-state index in [4.69, 9.17) is 0 Å². The molecule has 3 heteroatoms. The van der Waals surface area contributed by atoms with Crippen LogP contribution in [0.5, 0.6) is 0 Å². The molecular formula is C14H10N2O. The van der Waals surface area contributed by atoms with E-state index < -0.39 is 0 Å². The average molecular weight is 222 g/mol. The number of pyridine rings is 1. The SMILES string of the molecule is O=Cc1cccn2c(-c3ccccc3)ncc12. The van der Waals surface area contributed by atoms with Crippen molar-refractivity contribution in [3.05, 3.63) is 60.4 Å². The molecule has 0 aliphatic heterocycles. The van der Waals surface area contributed by atoms with Crippen LogP contribution in [0.3, 0.4) is 0 Å². The van der Waals surface area contributed by atoms with Crippen molar-refractivity contribution in [1.29, 1.82) is 0 Å². The number of carbonyl (C=O) groups excluding carboxylic acids is 1. The summed E-state index contributed by atoms with van der Waals surface area (Å²) in [6.07, 6.45) is 4.50. The highest BCUT2D eigenvalue weighted by atomic mass is 16.1. The summed E-state index contributed by atoms with van der Waals surface area (Å²) in [4.78, 5) is 15.3. The van der Waals surface area contributed by atoms with E-state index in [9.17, 15) is 4.79 Å². The van der Waals surface area contributed by atoms with Gasteiger partial charge in [-0.3, -0.25) is 9.20 Å². The minimum atomic E-state index is 0.655. The Kier molecular flexibility index (Phi) is 2.22. The lowest BCUT2D eigenvalue weighted by Gasteiger charge is -2.01. The number of aromatic nitrogens is 2. The summed E-state index contributed by atoms with van der Waals surface area (Å²) in [5.74, 6) is 0.851. The Morgan fingerprint density at radius 1 is 1.06 bits per heavy atom. The maximum atomic E-state index is 10.9. The highest BCUT2D eigenvalue weighted by molar-refractivity contribution is 5.86. The van der Waals surface area contributed by atoms with Gasteiger partial charge in [0.2, 0.25) is 0 Å². The van der Waals surface area contributed by atoms with Crippen LogP contribution in [0.4, 0.5) is 0 Å². The Balaban J connectivity index is 2.30. The van der Waals surface area contributed by atoms with E-state index >= 15 is 0 Å². The number of benzene rings is 1.